The van der Waals surface area contributed by atoms with Gasteiger partial charge >= 0.3 is 0 Å². The summed E-state index contributed by atoms with van der Waals surface area (Å²) in [5.41, 5.74) is 0.798. The second-order valence-corrected chi connectivity index (χ2v) is 5.40. The maximum absolute atomic E-state index is 12.8. The molecular formula is C17H28FIN4O. The van der Waals surface area contributed by atoms with Crippen molar-refractivity contribution in [1.29, 1.82) is 0 Å². The molecule has 0 aromatic heterocycles. The number of rotatable bonds is 8. The number of nitrogens with one attached hydrogen (secondary N) is 2. The molecule has 136 valence electrons. The smallest absolute Gasteiger partial charge is 0.224 e. The summed E-state index contributed by atoms with van der Waals surface area (Å²) in [6, 6.07) is 5.97. The predicted molar refractivity (Wildman–Crippen MR) is 107 cm³/mol. The number of carbonyl (C=O) groups excluding carboxylic acids is 1. The molecule has 1 rings (SSSR count). The molecule has 1 aromatic rings. The van der Waals surface area contributed by atoms with Crippen LogP contribution in [0.1, 0.15) is 25.3 Å². The lowest BCUT2D eigenvalue weighted by Gasteiger charge is -2.21. The molecule has 0 atom stereocenters. The van der Waals surface area contributed by atoms with Gasteiger partial charge in [0, 0.05) is 33.7 Å². The first kappa shape index (κ1) is 22.6. The Morgan fingerprint density at radius 2 is 1.83 bits per heavy atom. The summed E-state index contributed by atoms with van der Waals surface area (Å²) >= 11 is 0. The van der Waals surface area contributed by atoms with Gasteiger partial charge in [-0.3, -0.25) is 9.79 Å². The van der Waals surface area contributed by atoms with E-state index in [2.05, 4.69) is 27.4 Å². The number of guanidine groups is 1. The molecule has 0 unspecified atom stereocenters. The Morgan fingerprint density at radius 3 is 2.42 bits per heavy atom. The number of aliphatic imine (C=N–C) groups is 1. The molecule has 1 amide bonds. The van der Waals surface area contributed by atoms with E-state index in [1.54, 1.807) is 19.2 Å². The average Bonchev–Trinajstić information content (AvgIpc) is 2.55. The van der Waals surface area contributed by atoms with E-state index in [9.17, 15) is 9.18 Å². The predicted octanol–water partition coefficient (Wildman–Crippen LogP) is 2.41. The first-order valence-electron chi connectivity index (χ1n) is 7.99. The van der Waals surface area contributed by atoms with Crippen molar-refractivity contribution in [3.63, 3.8) is 0 Å². The second-order valence-electron chi connectivity index (χ2n) is 5.40. The molecule has 5 nitrogen and oxygen atoms in total. The molecule has 0 saturated carbocycles. The van der Waals surface area contributed by atoms with Crippen molar-refractivity contribution in [2.24, 2.45) is 4.99 Å². The first-order valence-corrected chi connectivity index (χ1v) is 7.99. The third kappa shape index (κ3) is 9.05. The van der Waals surface area contributed by atoms with Crippen LogP contribution in [-0.4, -0.2) is 50.5 Å². The molecule has 0 aliphatic rings. The normalized spacial score (nSPS) is 10.8. The maximum Gasteiger partial charge on any atom is 0.224 e. The number of amides is 1. The van der Waals surface area contributed by atoms with Crippen LogP contribution in [0, 0.1) is 5.82 Å². The molecule has 0 bridgehead atoms. The van der Waals surface area contributed by atoms with E-state index in [0.29, 0.717) is 13.1 Å². The number of halogens is 2. The number of hydrogen-bond donors (Lipinski definition) is 2. The van der Waals surface area contributed by atoms with Crippen molar-refractivity contribution in [2.75, 3.05) is 33.7 Å². The Bertz CT molecular complexity index is 508. The Hall–Kier alpha value is -1.38. The standard InChI is InChI=1S/C17H27FN4O.HI/c1-4-5-12-22(3)17(19-2)21-11-10-20-16(23)13-14-6-8-15(18)9-7-14;/h6-9H,4-5,10-13H2,1-3H3,(H,19,21)(H,20,23);1H. The van der Waals surface area contributed by atoms with Crippen molar-refractivity contribution in [3.05, 3.63) is 35.6 Å². The maximum atomic E-state index is 12.8. The monoisotopic (exact) mass is 450 g/mol. The molecule has 0 fully saturated rings. The van der Waals surface area contributed by atoms with E-state index < -0.39 is 0 Å². The van der Waals surface area contributed by atoms with E-state index >= 15 is 0 Å². The SMILES string of the molecule is CCCCN(C)C(=NC)NCCNC(=O)Cc1ccc(F)cc1.I. The molecular weight excluding hydrogens is 422 g/mol. The lowest BCUT2D eigenvalue weighted by molar-refractivity contribution is -0.120. The topological polar surface area (TPSA) is 56.7 Å². The van der Waals surface area contributed by atoms with E-state index in [0.717, 1.165) is 30.9 Å². The van der Waals surface area contributed by atoms with Crippen molar-refractivity contribution >= 4 is 35.8 Å². The summed E-state index contributed by atoms with van der Waals surface area (Å²) in [6.45, 7) is 4.23. The van der Waals surface area contributed by atoms with Crippen LogP contribution >= 0.6 is 24.0 Å². The fourth-order valence-electron chi connectivity index (χ4n) is 2.11. The zero-order valence-electron chi connectivity index (χ0n) is 14.6. The summed E-state index contributed by atoms with van der Waals surface area (Å²) < 4.78 is 12.8. The average molecular weight is 450 g/mol. The number of hydrogen-bond acceptors (Lipinski definition) is 2. The molecule has 0 spiro atoms. The van der Waals surface area contributed by atoms with E-state index in [4.69, 9.17) is 0 Å². The lowest BCUT2D eigenvalue weighted by Crippen LogP contribution is -2.43. The van der Waals surface area contributed by atoms with Gasteiger partial charge in [0.15, 0.2) is 5.96 Å². The fraction of sp³-hybridized carbons (Fsp3) is 0.529. The molecule has 0 heterocycles. The highest BCUT2D eigenvalue weighted by Gasteiger charge is 2.06. The van der Waals surface area contributed by atoms with Gasteiger partial charge in [0.1, 0.15) is 5.82 Å². The van der Waals surface area contributed by atoms with Gasteiger partial charge in [-0.2, -0.15) is 0 Å². The minimum Gasteiger partial charge on any atom is -0.354 e. The van der Waals surface area contributed by atoms with Gasteiger partial charge in [0.2, 0.25) is 5.91 Å². The van der Waals surface area contributed by atoms with Crippen LogP contribution in [-0.2, 0) is 11.2 Å². The van der Waals surface area contributed by atoms with Gasteiger partial charge in [-0.25, -0.2) is 4.39 Å². The zero-order valence-corrected chi connectivity index (χ0v) is 17.0. The fourth-order valence-corrected chi connectivity index (χ4v) is 2.11. The summed E-state index contributed by atoms with van der Waals surface area (Å²) in [5.74, 6) is 0.455. The Labute approximate surface area is 161 Å². The summed E-state index contributed by atoms with van der Waals surface area (Å²) in [7, 11) is 3.75. The summed E-state index contributed by atoms with van der Waals surface area (Å²) in [4.78, 5) is 18.1. The van der Waals surface area contributed by atoms with E-state index in [1.165, 1.54) is 12.1 Å². The van der Waals surface area contributed by atoms with Crippen LogP contribution in [0.15, 0.2) is 29.3 Å². The zero-order chi connectivity index (χ0) is 17.1. The first-order chi connectivity index (χ1) is 11.1. The van der Waals surface area contributed by atoms with Crippen molar-refractivity contribution in [2.45, 2.75) is 26.2 Å². The quantitative estimate of drug-likeness (QED) is 0.277. The van der Waals surface area contributed by atoms with Gasteiger partial charge < -0.3 is 15.5 Å². The minimum absolute atomic E-state index is 0. The number of nitrogens with zero attached hydrogens (tertiary/aromatic N) is 2. The molecule has 0 aliphatic carbocycles. The Morgan fingerprint density at radius 1 is 1.21 bits per heavy atom. The van der Waals surface area contributed by atoms with Gasteiger partial charge in [-0.15, -0.1) is 24.0 Å². The summed E-state index contributed by atoms with van der Waals surface area (Å²) in [5, 5.41) is 6.05. The van der Waals surface area contributed by atoms with Crippen LogP contribution in [0.3, 0.4) is 0 Å². The second kappa shape index (κ2) is 13.0. The van der Waals surface area contributed by atoms with E-state index in [-0.39, 0.29) is 42.1 Å². The minimum atomic E-state index is -0.295. The molecule has 2 N–H and O–H groups in total. The highest BCUT2D eigenvalue weighted by molar-refractivity contribution is 14.0. The van der Waals surface area contributed by atoms with Gasteiger partial charge in [-0.05, 0) is 24.1 Å². The van der Waals surface area contributed by atoms with Gasteiger partial charge in [0.05, 0.1) is 6.42 Å². The van der Waals surface area contributed by atoms with E-state index in [1.807, 2.05) is 7.05 Å². The largest absolute Gasteiger partial charge is 0.354 e. The highest BCUT2D eigenvalue weighted by Crippen LogP contribution is 2.03. The Balaban J connectivity index is 0.00000529. The van der Waals surface area contributed by atoms with Crippen LogP contribution in [0.2, 0.25) is 0 Å². The third-order valence-electron chi connectivity index (χ3n) is 3.43. The molecule has 24 heavy (non-hydrogen) atoms. The molecule has 0 aliphatic heterocycles. The van der Waals surface area contributed by atoms with Crippen LogP contribution < -0.4 is 10.6 Å². The van der Waals surface area contributed by atoms with Gasteiger partial charge in [0.25, 0.3) is 0 Å². The van der Waals surface area contributed by atoms with Crippen molar-refractivity contribution < 1.29 is 9.18 Å². The Kier molecular flexibility index (Phi) is 12.2. The summed E-state index contributed by atoms with van der Waals surface area (Å²) in [6.07, 6.45) is 2.51. The van der Waals surface area contributed by atoms with Crippen LogP contribution in [0.4, 0.5) is 4.39 Å². The third-order valence-corrected chi connectivity index (χ3v) is 3.43. The van der Waals surface area contributed by atoms with Crippen LogP contribution in [0.25, 0.3) is 0 Å². The lowest BCUT2D eigenvalue weighted by atomic mass is 10.1. The highest BCUT2D eigenvalue weighted by atomic mass is 127. The number of benzene rings is 1. The molecule has 1 aromatic carbocycles. The number of unbranched alkanes of at least 4 members (excludes halogenated alkanes) is 1. The van der Waals surface area contributed by atoms with Crippen molar-refractivity contribution in [1.82, 2.24) is 15.5 Å². The van der Waals surface area contributed by atoms with Crippen molar-refractivity contribution in [3.8, 4) is 0 Å². The molecule has 0 radical (unpaired) electrons. The van der Waals surface area contributed by atoms with Gasteiger partial charge in [-0.1, -0.05) is 25.5 Å². The number of carbonyl (C=O) groups is 1. The molecule has 7 heteroatoms. The molecule has 0 saturated heterocycles. The van der Waals surface area contributed by atoms with Crippen LogP contribution in [0.5, 0.6) is 0 Å².